The molecule has 1 rings (SSSR count). The Morgan fingerprint density at radius 2 is 1.87 bits per heavy atom. The molecule has 0 bridgehead atoms. The van der Waals surface area contributed by atoms with Crippen LogP contribution in [0.4, 0.5) is 0 Å². The van der Waals surface area contributed by atoms with Crippen LogP contribution in [0.15, 0.2) is 0 Å². The summed E-state index contributed by atoms with van der Waals surface area (Å²) in [5.74, 6) is 1.69. The molecule has 1 fully saturated rings. The van der Waals surface area contributed by atoms with Crippen LogP contribution in [0.2, 0.25) is 0 Å². The molecule has 90 valence electrons. The third kappa shape index (κ3) is 3.76. The Morgan fingerprint density at radius 3 is 2.27 bits per heavy atom. The van der Waals surface area contributed by atoms with E-state index < -0.39 is 0 Å². The number of piperidine rings is 1. The normalized spacial score (nSPS) is 22.2. The van der Waals surface area contributed by atoms with E-state index in [1.54, 1.807) is 0 Å². The predicted molar refractivity (Wildman–Crippen MR) is 66.9 cm³/mol. The maximum atomic E-state index is 5.61. The van der Waals surface area contributed by atoms with Gasteiger partial charge in [0.25, 0.3) is 0 Å². The maximum absolute atomic E-state index is 5.61. The van der Waals surface area contributed by atoms with Gasteiger partial charge in [0.1, 0.15) is 0 Å². The molecule has 2 N–H and O–H groups in total. The van der Waals surface area contributed by atoms with Crippen molar-refractivity contribution >= 4 is 0 Å². The first-order valence-corrected chi connectivity index (χ1v) is 6.63. The zero-order valence-electron chi connectivity index (χ0n) is 10.7. The number of nitrogens with zero attached hydrogens (tertiary/aromatic N) is 1. The van der Waals surface area contributed by atoms with Gasteiger partial charge in [-0.05, 0) is 57.2 Å². The third-order valence-electron chi connectivity index (χ3n) is 3.88. The summed E-state index contributed by atoms with van der Waals surface area (Å²) >= 11 is 0. The zero-order valence-corrected chi connectivity index (χ0v) is 10.7. The van der Waals surface area contributed by atoms with E-state index >= 15 is 0 Å². The lowest BCUT2D eigenvalue weighted by Gasteiger charge is -2.39. The van der Waals surface area contributed by atoms with E-state index in [2.05, 4.69) is 25.7 Å². The topological polar surface area (TPSA) is 29.3 Å². The maximum Gasteiger partial charge on any atom is 0.0116 e. The largest absolute Gasteiger partial charge is 0.330 e. The van der Waals surface area contributed by atoms with E-state index in [9.17, 15) is 0 Å². The lowest BCUT2D eigenvalue weighted by molar-refractivity contribution is 0.0994. The zero-order chi connectivity index (χ0) is 11.3. The Kier molecular flexibility index (Phi) is 5.62. The van der Waals surface area contributed by atoms with Crippen LogP contribution in [0.25, 0.3) is 0 Å². The summed E-state index contributed by atoms with van der Waals surface area (Å²) in [6, 6.07) is 0.795. The molecule has 15 heavy (non-hydrogen) atoms. The number of rotatable bonds is 5. The van der Waals surface area contributed by atoms with Gasteiger partial charge in [-0.25, -0.2) is 0 Å². The number of hydrogen-bond acceptors (Lipinski definition) is 2. The van der Waals surface area contributed by atoms with Gasteiger partial charge in [0, 0.05) is 6.04 Å². The van der Waals surface area contributed by atoms with E-state index in [-0.39, 0.29) is 0 Å². The summed E-state index contributed by atoms with van der Waals surface area (Å²) in [6.07, 6.45) is 5.24. The summed E-state index contributed by atoms with van der Waals surface area (Å²) in [7, 11) is 0. The molecule has 1 aliphatic rings. The monoisotopic (exact) mass is 212 g/mol. The first kappa shape index (κ1) is 13.0. The molecule has 2 nitrogen and oxygen atoms in total. The number of likely N-dealkylation sites (tertiary alicyclic amines) is 1. The second-order valence-electron chi connectivity index (χ2n) is 5.28. The van der Waals surface area contributed by atoms with Gasteiger partial charge in [-0.2, -0.15) is 0 Å². The molecule has 0 aromatic rings. The molecule has 1 saturated heterocycles. The molecule has 0 aromatic heterocycles. The van der Waals surface area contributed by atoms with Crippen molar-refractivity contribution in [3.05, 3.63) is 0 Å². The second-order valence-corrected chi connectivity index (χ2v) is 5.28. The predicted octanol–water partition coefficient (Wildman–Crippen LogP) is 2.48. The van der Waals surface area contributed by atoms with Crippen LogP contribution in [0.1, 0.15) is 46.5 Å². The summed E-state index contributed by atoms with van der Waals surface area (Å²) in [5.41, 5.74) is 5.61. The number of nitrogens with two attached hydrogens (primary N) is 1. The van der Waals surface area contributed by atoms with Gasteiger partial charge in [0.15, 0.2) is 0 Å². The van der Waals surface area contributed by atoms with Gasteiger partial charge in [0.2, 0.25) is 0 Å². The molecule has 0 spiro atoms. The molecule has 0 radical (unpaired) electrons. The molecule has 1 atom stereocenters. The molecular weight excluding hydrogens is 184 g/mol. The van der Waals surface area contributed by atoms with Crippen LogP contribution in [0.5, 0.6) is 0 Å². The SMILES string of the molecule is CCC(C(C)C)N1CCC(CCN)CC1. The van der Waals surface area contributed by atoms with Crippen molar-refractivity contribution < 1.29 is 0 Å². The molecule has 0 amide bonds. The minimum absolute atomic E-state index is 0.793. The Labute approximate surface area is 95.2 Å². The van der Waals surface area contributed by atoms with Crippen LogP contribution in [-0.4, -0.2) is 30.6 Å². The van der Waals surface area contributed by atoms with E-state index in [0.717, 1.165) is 24.4 Å². The smallest absolute Gasteiger partial charge is 0.0116 e. The van der Waals surface area contributed by atoms with Crippen molar-refractivity contribution in [3.8, 4) is 0 Å². The van der Waals surface area contributed by atoms with Crippen molar-refractivity contribution in [1.82, 2.24) is 4.90 Å². The van der Waals surface area contributed by atoms with Crippen LogP contribution < -0.4 is 5.73 Å². The van der Waals surface area contributed by atoms with Crippen molar-refractivity contribution in [2.75, 3.05) is 19.6 Å². The van der Waals surface area contributed by atoms with Gasteiger partial charge in [0.05, 0.1) is 0 Å². The molecule has 1 unspecified atom stereocenters. The minimum Gasteiger partial charge on any atom is -0.330 e. The molecule has 1 aliphatic heterocycles. The first-order chi connectivity index (χ1) is 7.19. The Hall–Kier alpha value is -0.0800. The quantitative estimate of drug-likeness (QED) is 0.758. The van der Waals surface area contributed by atoms with Crippen LogP contribution in [0.3, 0.4) is 0 Å². The summed E-state index contributed by atoms with van der Waals surface area (Å²) in [5, 5.41) is 0. The van der Waals surface area contributed by atoms with Crippen molar-refractivity contribution in [1.29, 1.82) is 0 Å². The van der Waals surface area contributed by atoms with Gasteiger partial charge in [-0.1, -0.05) is 20.8 Å². The van der Waals surface area contributed by atoms with Gasteiger partial charge < -0.3 is 10.6 Å². The molecule has 0 aromatic carbocycles. The summed E-state index contributed by atoms with van der Waals surface area (Å²) in [6.45, 7) is 10.5. The van der Waals surface area contributed by atoms with Crippen LogP contribution in [0, 0.1) is 11.8 Å². The Morgan fingerprint density at radius 1 is 1.27 bits per heavy atom. The Bertz CT molecular complexity index is 160. The van der Waals surface area contributed by atoms with Crippen molar-refractivity contribution in [3.63, 3.8) is 0 Å². The van der Waals surface area contributed by atoms with E-state index in [4.69, 9.17) is 5.73 Å². The van der Waals surface area contributed by atoms with Gasteiger partial charge in [-0.3, -0.25) is 0 Å². The Balaban J connectivity index is 2.35. The van der Waals surface area contributed by atoms with Crippen molar-refractivity contribution in [2.24, 2.45) is 17.6 Å². The van der Waals surface area contributed by atoms with Crippen molar-refractivity contribution in [2.45, 2.75) is 52.5 Å². The first-order valence-electron chi connectivity index (χ1n) is 6.63. The summed E-state index contributed by atoms with van der Waals surface area (Å²) in [4.78, 5) is 2.69. The van der Waals surface area contributed by atoms with Crippen LogP contribution in [-0.2, 0) is 0 Å². The lowest BCUT2D eigenvalue weighted by atomic mass is 9.90. The molecule has 0 aliphatic carbocycles. The van der Waals surface area contributed by atoms with E-state index in [0.29, 0.717) is 0 Å². The highest BCUT2D eigenvalue weighted by atomic mass is 15.2. The third-order valence-corrected chi connectivity index (χ3v) is 3.88. The fourth-order valence-corrected chi connectivity index (χ4v) is 2.96. The summed E-state index contributed by atoms with van der Waals surface area (Å²) < 4.78 is 0. The molecular formula is C13H28N2. The van der Waals surface area contributed by atoms with E-state index in [1.807, 2.05) is 0 Å². The lowest BCUT2D eigenvalue weighted by Crippen LogP contribution is -2.43. The second kappa shape index (κ2) is 6.49. The number of hydrogen-bond donors (Lipinski definition) is 1. The molecule has 0 saturated carbocycles. The highest BCUT2D eigenvalue weighted by Crippen LogP contribution is 2.24. The fourth-order valence-electron chi connectivity index (χ4n) is 2.96. The highest BCUT2D eigenvalue weighted by molar-refractivity contribution is 4.79. The molecule has 1 heterocycles. The standard InChI is InChI=1S/C13H28N2/c1-4-13(11(2)3)15-9-6-12(5-8-14)7-10-15/h11-13H,4-10,14H2,1-3H3. The highest BCUT2D eigenvalue weighted by Gasteiger charge is 2.25. The van der Waals surface area contributed by atoms with Crippen LogP contribution >= 0.6 is 0 Å². The van der Waals surface area contributed by atoms with Gasteiger partial charge >= 0.3 is 0 Å². The average molecular weight is 212 g/mol. The fraction of sp³-hybridized carbons (Fsp3) is 1.00. The molecule has 2 heteroatoms. The average Bonchev–Trinajstić information content (AvgIpc) is 2.21. The minimum atomic E-state index is 0.793. The van der Waals surface area contributed by atoms with E-state index in [1.165, 1.54) is 38.8 Å². The van der Waals surface area contributed by atoms with Gasteiger partial charge in [-0.15, -0.1) is 0 Å².